The number of rotatable bonds is 7. The third kappa shape index (κ3) is 9.73. The van der Waals surface area contributed by atoms with Crippen molar-refractivity contribution >= 4 is 39.6 Å². The fourth-order valence-corrected chi connectivity index (χ4v) is 10.0. The van der Waals surface area contributed by atoms with Crippen LogP contribution in [0.25, 0.3) is 44.5 Å². The molecule has 52 heavy (non-hydrogen) atoms. The van der Waals surface area contributed by atoms with E-state index in [4.69, 9.17) is 9.40 Å². The van der Waals surface area contributed by atoms with E-state index < -0.39 is 13.3 Å². The van der Waals surface area contributed by atoms with E-state index >= 15 is 0 Å². The summed E-state index contributed by atoms with van der Waals surface area (Å²) in [5.74, 6) is 7.36. The van der Waals surface area contributed by atoms with Crippen LogP contribution in [0.15, 0.2) is 83.5 Å². The zero-order valence-electron chi connectivity index (χ0n) is 33.8. The Bertz CT molecular complexity index is 2140. The van der Waals surface area contributed by atoms with Gasteiger partial charge in [0.1, 0.15) is 5.58 Å². The number of benzene rings is 3. The second kappa shape index (κ2) is 16.1. The Morgan fingerprint density at radius 2 is 1.37 bits per heavy atom. The maximum absolute atomic E-state index is 5.96. The minimum absolute atomic E-state index is 0. The predicted octanol–water partition coefficient (Wildman–Crippen LogP) is 12.8. The molecule has 1 radical (unpaired) electrons. The number of pyridine rings is 2. The fourth-order valence-electron chi connectivity index (χ4n) is 6.71. The van der Waals surface area contributed by atoms with Gasteiger partial charge in [0.05, 0.1) is 5.58 Å². The van der Waals surface area contributed by atoms with Crippen LogP contribution in [0.4, 0.5) is 0 Å². The molecule has 5 heteroatoms. The molecule has 6 aromatic rings. The normalized spacial score (nSPS) is 12.4. The number of hydrogen-bond acceptors (Lipinski definition) is 3. The van der Waals surface area contributed by atoms with Crippen molar-refractivity contribution < 1.29 is 24.5 Å². The zero-order chi connectivity index (χ0) is 37.4. The van der Waals surface area contributed by atoms with E-state index in [9.17, 15) is 0 Å². The first-order valence-electron chi connectivity index (χ1n) is 18.6. The number of fused-ring (bicyclic) bond motifs is 3. The summed E-state index contributed by atoms with van der Waals surface area (Å²) < 4.78 is 7.49. The van der Waals surface area contributed by atoms with Gasteiger partial charge < -0.3 is 9.40 Å². The van der Waals surface area contributed by atoms with Crippen molar-refractivity contribution in [1.82, 2.24) is 9.97 Å². The first kappa shape index (κ1) is 41.7. The van der Waals surface area contributed by atoms with Crippen molar-refractivity contribution in [1.29, 1.82) is 0 Å². The van der Waals surface area contributed by atoms with Crippen molar-refractivity contribution in [3.8, 4) is 22.5 Å². The van der Waals surface area contributed by atoms with Crippen molar-refractivity contribution in [3.63, 3.8) is 0 Å². The van der Waals surface area contributed by atoms with Crippen LogP contribution in [-0.2, 0) is 37.4 Å². The Kier molecular flexibility index (Phi) is 12.9. The summed E-state index contributed by atoms with van der Waals surface area (Å²) >= 11 is -1.95. The van der Waals surface area contributed by atoms with Crippen molar-refractivity contribution in [3.05, 3.63) is 114 Å². The predicted molar refractivity (Wildman–Crippen MR) is 222 cm³/mol. The van der Waals surface area contributed by atoms with Crippen LogP contribution < -0.4 is 4.40 Å². The van der Waals surface area contributed by atoms with Gasteiger partial charge in [-0.15, -0.1) is 23.8 Å². The molecule has 0 spiro atoms. The second-order valence-corrected chi connectivity index (χ2v) is 28.5. The van der Waals surface area contributed by atoms with Gasteiger partial charge >= 0.3 is 158 Å². The quantitative estimate of drug-likeness (QED) is 0.118. The third-order valence-electron chi connectivity index (χ3n) is 10.3. The minimum Gasteiger partial charge on any atom is -0.500 e. The molecule has 0 amide bonds. The molecule has 0 aliphatic rings. The molecule has 6 rings (SSSR count). The Hall–Kier alpha value is -3.05. The Labute approximate surface area is 330 Å². The minimum atomic E-state index is -1.95. The number of hydrogen-bond donors (Lipinski definition) is 0. The third-order valence-corrected chi connectivity index (χ3v) is 14.6. The van der Waals surface area contributed by atoms with E-state index in [0.717, 1.165) is 63.7 Å². The first-order valence-corrected chi connectivity index (χ1v) is 26.0. The Balaban J connectivity index is 0.000000229. The van der Waals surface area contributed by atoms with Gasteiger partial charge in [0, 0.05) is 31.7 Å². The summed E-state index contributed by atoms with van der Waals surface area (Å²) in [6.07, 6.45) is 7.40. The second-order valence-electron chi connectivity index (χ2n) is 17.9. The van der Waals surface area contributed by atoms with Gasteiger partial charge in [0.25, 0.3) is 0 Å². The van der Waals surface area contributed by atoms with Gasteiger partial charge in [-0.25, -0.2) is 0 Å². The summed E-state index contributed by atoms with van der Waals surface area (Å²) in [6, 6.07) is 30.3. The van der Waals surface area contributed by atoms with Gasteiger partial charge in [-0.3, -0.25) is 0 Å². The maximum Gasteiger partial charge on any atom is 0.120 e. The molecule has 3 heterocycles. The van der Waals surface area contributed by atoms with Gasteiger partial charge in [-0.1, -0.05) is 43.9 Å². The van der Waals surface area contributed by atoms with Crippen LogP contribution in [0, 0.1) is 24.5 Å². The summed E-state index contributed by atoms with van der Waals surface area (Å²) in [4.78, 5) is 9.46. The van der Waals surface area contributed by atoms with E-state index in [2.05, 4.69) is 158 Å². The zero-order valence-corrected chi connectivity index (χ0v) is 38.3. The van der Waals surface area contributed by atoms with Crippen molar-refractivity contribution in [2.24, 2.45) is 5.41 Å². The van der Waals surface area contributed by atoms with Gasteiger partial charge in [0.2, 0.25) is 0 Å². The molecule has 277 valence electrons. The van der Waals surface area contributed by atoms with E-state index in [1.807, 2.05) is 24.4 Å². The first-order chi connectivity index (χ1) is 23.8. The van der Waals surface area contributed by atoms with Crippen LogP contribution in [-0.4, -0.2) is 23.2 Å². The molecule has 3 aromatic carbocycles. The molecule has 0 fully saturated rings. The average molecular weight is 932 g/mol. The van der Waals surface area contributed by atoms with E-state index in [1.54, 1.807) is 0 Å². The van der Waals surface area contributed by atoms with Gasteiger partial charge in [0.15, 0.2) is 0 Å². The molecule has 0 atom stereocenters. The van der Waals surface area contributed by atoms with E-state index in [1.165, 1.54) is 26.6 Å². The molecule has 0 aliphatic heterocycles. The molecule has 3 nitrogen and oxygen atoms in total. The average Bonchev–Trinajstić information content (AvgIpc) is 3.43. The molecule has 0 N–H and O–H groups in total. The Morgan fingerprint density at radius 3 is 2.00 bits per heavy atom. The van der Waals surface area contributed by atoms with Crippen LogP contribution >= 0.6 is 0 Å². The molecular formula is C47H58GeIrN2O-2. The van der Waals surface area contributed by atoms with E-state index in [-0.39, 0.29) is 36.4 Å². The van der Waals surface area contributed by atoms with Crippen molar-refractivity contribution in [2.75, 3.05) is 0 Å². The number of furan rings is 1. The number of aromatic nitrogens is 2. The number of aryl methyl sites for hydroxylation is 1. The summed E-state index contributed by atoms with van der Waals surface area (Å²) in [5.41, 5.74) is 11.9. The van der Waals surface area contributed by atoms with Gasteiger partial charge in [-0.2, -0.15) is 0 Å². The SMILES string of the molecule is CC(C)(C)Cc1cc(-c2[c-]ccc(C(C)(C)C)c2)nc[c]1[Ge]([CH3])([CH3])[CH3].CCC(C)(CC)c1ccnc(-c2[c-]cc3oc4ccc(C)cc4c3c2)c1.[Ir]. The van der Waals surface area contributed by atoms with Crippen LogP contribution in [0.1, 0.15) is 97.4 Å². The van der Waals surface area contributed by atoms with Crippen LogP contribution in [0.3, 0.4) is 0 Å². The van der Waals surface area contributed by atoms with Crippen molar-refractivity contribution in [2.45, 2.75) is 117 Å². The Morgan fingerprint density at radius 1 is 0.712 bits per heavy atom. The summed E-state index contributed by atoms with van der Waals surface area (Å²) in [7, 11) is 0. The molecule has 0 unspecified atom stereocenters. The molecule has 3 aromatic heterocycles. The molecule has 0 aliphatic carbocycles. The van der Waals surface area contributed by atoms with E-state index in [0.29, 0.717) is 0 Å². The number of nitrogens with zero attached hydrogens (tertiary/aromatic N) is 2. The largest absolute Gasteiger partial charge is 0.500 e. The molecule has 0 saturated heterocycles. The van der Waals surface area contributed by atoms with Crippen LogP contribution in [0.2, 0.25) is 17.3 Å². The molecule has 0 bridgehead atoms. The van der Waals surface area contributed by atoms with Gasteiger partial charge in [-0.05, 0) is 54.6 Å². The maximum atomic E-state index is 5.96. The molecular weight excluding hydrogens is 873 g/mol. The van der Waals surface area contributed by atoms with Crippen LogP contribution in [0.5, 0.6) is 0 Å². The smallest absolute Gasteiger partial charge is 0.120 e. The monoisotopic (exact) mass is 933 g/mol. The summed E-state index contributed by atoms with van der Waals surface area (Å²) in [6.45, 7) is 22.6. The topological polar surface area (TPSA) is 38.9 Å². The molecule has 0 saturated carbocycles. The fraction of sp³-hybridized carbons (Fsp3) is 0.404. The summed E-state index contributed by atoms with van der Waals surface area (Å²) in [5, 5.41) is 2.27. The standard InChI is InChI=1S/C24H24NO.C23H34GeN.Ir/c1-5-24(4,6-2)18-11-12-25-21(15-18)17-8-10-23-20(14-17)19-13-16(3)7-9-22(19)26-23;1-22(2,3)15-18-14-21(25-16-20(18)24(7,8)9)17-11-10-12-19(13-17)23(4,5)6;/h7,9-15H,5-6H2,1-4H3;10,12-14,16H,15H2,1-9H3;/q2*-1;.